The van der Waals surface area contributed by atoms with Crippen LogP contribution in [0.5, 0.6) is 0 Å². The van der Waals surface area contributed by atoms with Crippen molar-refractivity contribution in [3.63, 3.8) is 0 Å². The van der Waals surface area contributed by atoms with Crippen molar-refractivity contribution >= 4 is 17.6 Å². The molecule has 0 bridgehead atoms. The summed E-state index contributed by atoms with van der Waals surface area (Å²) in [6, 6.07) is 8.05. The van der Waals surface area contributed by atoms with Crippen LogP contribution in [-0.2, 0) is 0 Å². The van der Waals surface area contributed by atoms with Crippen LogP contribution in [0, 0.1) is 51.7 Å². The van der Waals surface area contributed by atoms with Gasteiger partial charge in [0.1, 0.15) is 6.21 Å². The summed E-state index contributed by atoms with van der Waals surface area (Å²) in [5, 5.41) is 15.7. The number of hydrogen-bond donors (Lipinski definition) is 0. The maximum absolute atomic E-state index is 11.4. The second-order valence-electron chi connectivity index (χ2n) is 6.69. The fourth-order valence-electron chi connectivity index (χ4n) is 3.14. The number of allylic oxidation sites excluding steroid dienone is 1. The van der Waals surface area contributed by atoms with Gasteiger partial charge in [-0.25, -0.2) is 4.99 Å². The van der Waals surface area contributed by atoms with Crippen molar-refractivity contribution in [1.82, 2.24) is 0 Å². The minimum Gasteiger partial charge on any atom is -0.658 e. The van der Waals surface area contributed by atoms with Gasteiger partial charge in [0.2, 0.25) is 0 Å². The Bertz CT molecular complexity index is 865. The Morgan fingerprint density at radius 1 is 0.923 bits per heavy atom. The molecular formula is C21H24N3O2-. The molecule has 0 amide bonds. The molecule has 0 heterocycles. The lowest BCUT2D eigenvalue weighted by atomic mass is 10.1. The van der Waals surface area contributed by atoms with Crippen molar-refractivity contribution < 1.29 is 4.92 Å². The third-order valence-corrected chi connectivity index (χ3v) is 4.13. The largest absolute Gasteiger partial charge is 0.658 e. The summed E-state index contributed by atoms with van der Waals surface area (Å²) in [5.74, 6) is 0. The number of aliphatic imine (C=N–C) groups is 1. The fourth-order valence-corrected chi connectivity index (χ4v) is 3.14. The molecule has 0 fully saturated rings. The topological polar surface area (TPSA) is 69.6 Å². The lowest BCUT2D eigenvalue weighted by Gasteiger charge is -2.22. The highest BCUT2D eigenvalue weighted by Crippen LogP contribution is 2.30. The molecule has 0 aromatic heterocycles. The lowest BCUT2D eigenvalue weighted by Crippen LogP contribution is -2.00. The van der Waals surface area contributed by atoms with Gasteiger partial charge in [-0.15, -0.1) is 5.69 Å². The van der Waals surface area contributed by atoms with Crippen LogP contribution in [0.4, 0.5) is 11.4 Å². The van der Waals surface area contributed by atoms with Crippen LogP contribution in [-0.4, -0.2) is 11.1 Å². The monoisotopic (exact) mass is 350 g/mol. The predicted molar refractivity (Wildman–Crippen MR) is 108 cm³/mol. The molecule has 0 aliphatic carbocycles. The SMILES string of the molecule is Cc1cc(C)c(N=C/C(=C/[N-]c2c(C)cc(C)cc2C)[N+](=O)[O-])c(C)c1. The molecule has 26 heavy (non-hydrogen) atoms. The second kappa shape index (κ2) is 7.95. The Labute approximate surface area is 154 Å². The van der Waals surface area contributed by atoms with Gasteiger partial charge in [0, 0.05) is 0 Å². The van der Waals surface area contributed by atoms with Crippen molar-refractivity contribution in [2.24, 2.45) is 4.99 Å². The average molecular weight is 350 g/mol. The summed E-state index contributed by atoms with van der Waals surface area (Å²) < 4.78 is 0. The lowest BCUT2D eigenvalue weighted by molar-refractivity contribution is -0.414. The molecule has 2 rings (SSSR count). The summed E-state index contributed by atoms with van der Waals surface area (Å²) in [6.07, 6.45) is 2.54. The Morgan fingerprint density at radius 3 is 1.85 bits per heavy atom. The molecule has 2 aromatic carbocycles. The molecular weight excluding hydrogens is 326 g/mol. The molecule has 5 heteroatoms. The van der Waals surface area contributed by atoms with E-state index < -0.39 is 4.92 Å². The zero-order valence-corrected chi connectivity index (χ0v) is 16.1. The zero-order chi connectivity index (χ0) is 19.4. The van der Waals surface area contributed by atoms with E-state index in [0.29, 0.717) is 0 Å². The molecule has 0 spiro atoms. The highest BCUT2D eigenvalue weighted by atomic mass is 16.6. The van der Waals surface area contributed by atoms with E-state index in [1.807, 2.05) is 65.8 Å². The van der Waals surface area contributed by atoms with E-state index in [1.165, 1.54) is 12.4 Å². The van der Waals surface area contributed by atoms with E-state index in [2.05, 4.69) is 10.3 Å². The summed E-state index contributed by atoms with van der Waals surface area (Å²) in [6.45, 7) is 11.8. The second-order valence-corrected chi connectivity index (χ2v) is 6.69. The Kier molecular flexibility index (Phi) is 5.93. The molecule has 5 nitrogen and oxygen atoms in total. The van der Waals surface area contributed by atoms with Gasteiger partial charge in [0.25, 0.3) is 5.70 Å². The maximum atomic E-state index is 11.4. The van der Waals surface area contributed by atoms with Crippen LogP contribution in [0.2, 0.25) is 0 Å². The molecule has 0 unspecified atom stereocenters. The first-order valence-electron chi connectivity index (χ1n) is 8.44. The van der Waals surface area contributed by atoms with E-state index in [-0.39, 0.29) is 5.70 Å². The van der Waals surface area contributed by atoms with Crippen LogP contribution >= 0.6 is 0 Å². The van der Waals surface area contributed by atoms with Crippen molar-refractivity contribution in [3.05, 3.63) is 85.0 Å². The van der Waals surface area contributed by atoms with Crippen molar-refractivity contribution in [2.75, 3.05) is 0 Å². The zero-order valence-electron chi connectivity index (χ0n) is 16.1. The Hall–Kier alpha value is -2.95. The third-order valence-electron chi connectivity index (χ3n) is 4.13. The quantitative estimate of drug-likeness (QED) is 0.373. The van der Waals surface area contributed by atoms with Gasteiger partial charge < -0.3 is 5.32 Å². The van der Waals surface area contributed by atoms with E-state index in [0.717, 1.165) is 44.8 Å². The van der Waals surface area contributed by atoms with Gasteiger partial charge >= 0.3 is 0 Å². The number of aryl methyl sites for hydroxylation is 6. The van der Waals surface area contributed by atoms with Crippen LogP contribution in [0.1, 0.15) is 33.4 Å². The summed E-state index contributed by atoms with van der Waals surface area (Å²) in [4.78, 5) is 15.3. The first-order valence-corrected chi connectivity index (χ1v) is 8.44. The normalized spacial score (nSPS) is 11.8. The predicted octanol–water partition coefficient (Wildman–Crippen LogP) is 6.06. The van der Waals surface area contributed by atoms with Gasteiger partial charge in [0.05, 0.1) is 10.6 Å². The van der Waals surface area contributed by atoms with Crippen molar-refractivity contribution in [2.45, 2.75) is 41.5 Å². The maximum Gasteiger partial charge on any atom is 0.265 e. The average Bonchev–Trinajstić information content (AvgIpc) is 2.50. The molecule has 0 saturated heterocycles. The van der Waals surface area contributed by atoms with E-state index in [4.69, 9.17) is 0 Å². The summed E-state index contributed by atoms with van der Waals surface area (Å²) in [7, 11) is 0. The first kappa shape index (κ1) is 19.4. The summed E-state index contributed by atoms with van der Waals surface area (Å²) >= 11 is 0. The number of nitro groups is 1. The number of rotatable bonds is 5. The smallest absolute Gasteiger partial charge is 0.265 e. The number of benzene rings is 2. The fraction of sp³-hybridized carbons (Fsp3) is 0.286. The molecule has 0 aliphatic rings. The van der Waals surface area contributed by atoms with Crippen molar-refractivity contribution in [3.8, 4) is 0 Å². The van der Waals surface area contributed by atoms with E-state index in [9.17, 15) is 10.1 Å². The van der Waals surface area contributed by atoms with Crippen LogP contribution in [0.15, 0.2) is 41.2 Å². The summed E-state index contributed by atoms with van der Waals surface area (Å²) in [5.41, 5.74) is 7.61. The van der Waals surface area contributed by atoms with E-state index >= 15 is 0 Å². The standard InChI is InChI=1S/C21H24N3O2/c1-13-7-15(3)20(16(4)8-13)22-11-19(24(25)26)12-23-21-17(5)9-14(2)10-18(21)6/h7-12H,1-6H3/q-1/b19-11-,23-12?. The highest BCUT2D eigenvalue weighted by Gasteiger charge is 2.06. The van der Waals surface area contributed by atoms with Crippen molar-refractivity contribution in [1.29, 1.82) is 0 Å². The minimum absolute atomic E-state index is 0.149. The molecule has 136 valence electrons. The molecule has 0 N–H and O–H groups in total. The van der Waals surface area contributed by atoms with Gasteiger partial charge in [-0.3, -0.25) is 10.1 Å². The number of nitrogens with zero attached hydrogens (tertiary/aromatic N) is 3. The Balaban J connectivity index is 2.33. The molecule has 0 aliphatic heterocycles. The number of hydrogen-bond acceptors (Lipinski definition) is 3. The molecule has 0 radical (unpaired) electrons. The van der Waals surface area contributed by atoms with Crippen LogP contribution < -0.4 is 0 Å². The van der Waals surface area contributed by atoms with Crippen LogP contribution in [0.3, 0.4) is 0 Å². The molecule has 2 aromatic rings. The van der Waals surface area contributed by atoms with Gasteiger partial charge in [0.15, 0.2) is 0 Å². The van der Waals surface area contributed by atoms with Gasteiger partial charge in [-0.05, 0) is 52.7 Å². The first-order chi connectivity index (χ1) is 12.2. The Morgan fingerprint density at radius 2 is 1.38 bits per heavy atom. The molecule has 0 atom stereocenters. The molecule has 0 saturated carbocycles. The van der Waals surface area contributed by atoms with E-state index in [1.54, 1.807) is 0 Å². The van der Waals surface area contributed by atoms with Crippen LogP contribution in [0.25, 0.3) is 5.32 Å². The third kappa shape index (κ3) is 4.57. The highest BCUT2D eigenvalue weighted by molar-refractivity contribution is 5.81. The minimum atomic E-state index is -0.468. The van der Waals surface area contributed by atoms with Gasteiger partial charge in [-0.2, -0.15) is 0 Å². The van der Waals surface area contributed by atoms with Gasteiger partial charge in [-0.1, -0.05) is 52.7 Å².